The third kappa shape index (κ3) is 2.91. The molecule has 0 aliphatic rings. The summed E-state index contributed by atoms with van der Waals surface area (Å²) in [5.41, 5.74) is 0.871. The van der Waals surface area contributed by atoms with Crippen molar-refractivity contribution in [3.63, 3.8) is 0 Å². The van der Waals surface area contributed by atoms with Crippen LogP contribution in [0.1, 0.15) is 39.2 Å². The normalized spacial score (nSPS) is 13.6. The van der Waals surface area contributed by atoms with Gasteiger partial charge in [-0.05, 0) is 37.5 Å². The zero-order valence-corrected chi connectivity index (χ0v) is 12.0. The van der Waals surface area contributed by atoms with Gasteiger partial charge in [-0.25, -0.2) is 8.42 Å². The Bertz CT molecular complexity index is 536. The first-order valence-corrected chi connectivity index (χ1v) is 7.58. The molecule has 0 saturated heterocycles. The van der Waals surface area contributed by atoms with Gasteiger partial charge in [0, 0.05) is 0 Å². The van der Waals surface area contributed by atoms with E-state index in [0.29, 0.717) is 4.90 Å². The summed E-state index contributed by atoms with van der Waals surface area (Å²) in [4.78, 5) is 0.321. The van der Waals surface area contributed by atoms with Crippen molar-refractivity contribution in [1.82, 2.24) is 0 Å². The first kappa shape index (κ1) is 14.7. The highest BCUT2D eigenvalue weighted by molar-refractivity contribution is 7.92. The summed E-state index contributed by atoms with van der Waals surface area (Å²) in [5.74, 6) is 0.0170. The summed E-state index contributed by atoms with van der Waals surface area (Å²) in [6.45, 7) is 7.28. The third-order valence-corrected chi connectivity index (χ3v) is 5.16. The van der Waals surface area contributed by atoms with Gasteiger partial charge in [0.2, 0.25) is 0 Å². The van der Waals surface area contributed by atoms with E-state index in [1.165, 1.54) is 0 Å². The molecule has 18 heavy (non-hydrogen) atoms. The Labute approximate surface area is 109 Å². The molecule has 0 spiro atoms. The topological polar surface area (TPSA) is 57.9 Å². The van der Waals surface area contributed by atoms with E-state index < -0.39 is 15.1 Å². The molecule has 3 nitrogen and oxygen atoms in total. The molecule has 0 aliphatic carbocycles. The average molecular weight is 265 g/mol. The monoisotopic (exact) mass is 265 g/mol. The third-order valence-electron chi connectivity index (χ3n) is 2.99. The van der Waals surface area contributed by atoms with Gasteiger partial charge in [-0.1, -0.05) is 26.0 Å². The molecule has 1 aromatic rings. The maximum absolute atomic E-state index is 12.0. The second-order valence-electron chi connectivity index (χ2n) is 5.01. The lowest BCUT2D eigenvalue weighted by atomic mass is 9.90. The summed E-state index contributed by atoms with van der Waals surface area (Å²) in [6, 6.07) is 8.92. The lowest BCUT2D eigenvalue weighted by Crippen LogP contribution is -2.14. The lowest BCUT2D eigenvalue weighted by molar-refractivity contribution is 0.583. The molecule has 1 rings (SSSR count). The number of rotatable bonds is 4. The summed E-state index contributed by atoms with van der Waals surface area (Å²) in [7, 11) is -3.23. The predicted molar refractivity (Wildman–Crippen MR) is 72.0 cm³/mol. The van der Waals surface area contributed by atoms with E-state index >= 15 is 0 Å². The molecule has 0 aliphatic heterocycles. The molecule has 0 aromatic heterocycles. The number of hydrogen-bond donors (Lipinski definition) is 0. The van der Waals surface area contributed by atoms with Gasteiger partial charge in [0.05, 0.1) is 22.1 Å². The fourth-order valence-electron chi connectivity index (χ4n) is 1.75. The highest BCUT2D eigenvalue weighted by atomic mass is 32.2. The van der Waals surface area contributed by atoms with Crippen molar-refractivity contribution in [2.75, 3.05) is 0 Å². The Morgan fingerprint density at radius 1 is 1.06 bits per heavy atom. The fraction of sp³-hybridized carbons (Fsp3) is 0.500. The quantitative estimate of drug-likeness (QED) is 0.840. The van der Waals surface area contributed by atoms with Crippen LogP contribution in [0, 0.1) is 17.2 Å². The second-order valence-corrected chi connectivity index (χ2v) is 7.52. The summed E-state index contributed by atoms with van der Waals surface area (Å²) in [5, 5.41) is 8.67. The fourth-order valence-corrected chi connectivity index (χ4v) is 2.81. The van der Waals surface area contributed by atoms with Gasteiger partial charge in [0.25, 0.3) is 0 Å². The molecule has 0 heterocycles. The molecule has 0 saturated carbocycles. The molecular weight excluding hydrogens is 246 g/mol. The zero-order valence-electron chi connectivity index (χ0n) is 11.2. The highest BCUT2D eigenvalue weighted by Crippen LogP contribution is 2.25. The van der Waals surface area contributed by atoms with Gasteiger partial charge >= 0.3 is 0 Å². The van der Waals surface area contributed by atoms with Crippen LogP contribution in [0.3, 0.4) is 0 Å². The molecule has 1 unspecified atom stereocenters. The SMILES string of the molecule is CC(C)C(C#N)c1ccc(S(=O)(=O)C(C)C)cc1. The van der Waals surface area contributed by atoms with Crippen LogP contribution in [0.15, 0.2) is 29.2 Å². The number of hydrogen-bond acceptors (Lipinski definition) is 3. The van der Waals surface area contributed by atoms with E-state index in [4.69, 9.17) is 5.26 Å². The molecule has 0 radical (unpaired) electrons. The Balaban J connectivity index is 3.12. The molecule has 98 valence electrons. The molecule has 0 amide bonds. The van der Waals surface area contributed by atoms with E-state index in [1.807, 2.05) is 13.8 Å². The Hall–Kier alpha value is -1.34. The zero-order chi connectivity index (χ0) is 13.9. The van der Waals surface area contributed by atoms with Crippen molar-refractivity contribution in [3.8, 4) is 6.07 Å². The predicted octanol–water partition coefficient (Wildman–Crippen LogP) is 3.13. The van der Waals surface area contributed by atoms with Crippen molar-refractivity contribution in [3.05, 3.63) is 29.8 Å². The molecule has 0 fully saturated rings. The van der Waals surface area contributed by atoms with E-state index in [2.05, 4.69) is 6.07 Å². The molecule has 1 aromatic carbocycles. The lowest BCUT2D eigenvalue weighted by Gasteiger charge is -2.14. The van der Waals surface area contributed by atoms with Crippen LogP contribution >= 0.6 is 0 Å². The first-order valence-electron chi connectivity index (χ1n) is 6.04. The van der Waals surface area contributed by atoms with Gasteiger partial charge in [-0.2, -0.15) is 5.26 Å². The van der Waals surface area contributed by atoms with Gasteiger partial charge in [0.1, 0.15) is 0 Å². The summed E-state index contributed by atoms with van der Waals surface area (Å²) >= 11 is 0. The maximum Gasteiger partial charge on any atom is 0.180 e. The maximum atomic E-state index is 12.0. The van der Waals surface area contributed by atoms with Crippen molar-refractivity contribution in [1.29, 1.82) is 5.26 Å². The van der Waals surface area contributed by atoms with Gasteiger partial charge in [0.15, 0.2) is 9.84 Å². The van der Waals surface area contributed by atoms with Crippen molar-refractivity contribution >= 4 is 9.84 Å². The van der Waals surface area contributed by atoms with Crippen LogP contribution in [0.25, 0.3) is 0 Å². The molecule has 1 atom stereocenters. The minimum atomic E-state index is -3.23. The molecule has 0 bridgehead atoms. The minimum absolute atomic E-state index is 0.194. The van der Waals surface area contributed by atoms with E-state index in [0.717, 1.165) is 5.56 Å². The minimum Gasteiger partial charge on any atom is -0.223 e. The van der Waals surface area contributed by atoms with Crippen LogP contribution in [-0.2, 0) is 9.84 Å². The summed E-state index contributed by atoms with van der Waals surface area (Å²) < 4.78 is 23.9. The molecular formula is C14H19NO2S. The average Bonchev–Trinajstić information content (AvgIpc) is 2.30. The molecule has 0 N–H and O–H groups in total. The van der Waals surface area contributed by atoms with Crippen LogP contribution in [0.2, 0.25) is 0 Å². The Morgan fingerprint density at radius 3 is 1.89 bits per heavy atom. The Morgan fingerprint density at radius 2 is 1.56 bits per heavy atom. The van der Waals surface area contributed by atoms with E-state index in [9.17, 15) is 8.42 Å². The van der Waals surface area contributed by atoms with Gasteiger partial charge in [-0.3, -0.25) is 0 Å². The number of nitriles is 1. The standard InChI is InChI=1S/C14H19NO2S/c1-10(2)14(9-15)12-5-7-13(8-6-12)18(16,17)11(3)4/h5-8,10-11,14H,1-4H3. The largest absolute Gasteiger partial charge is 0.223 e. The van der Waals surface area contributed by atoms with E-state index in [1.54, 1.807) is 38.1 Å². The van der Waals surface area contributed by atoms with Crippen LogP contribution in [-0.4, -0.2) is 13.7 Å². The highest BCUT2D eigenvalue weighted by Gasteiger charge is 2.20. The van der Waals surface area contributed by atoms with Gasteiger partial charge < -0.3 is 0 Å². The molecule has 4 heteroatoms. The smallest absolute Gasteiger partial charge is 0.180 e. The van der Waals surface area contributed by atoms with E-state index in [-0.39, 0.29) is 11.8 Å². The van der Waals surface area contributed by atoms with Crippen LogP contribution < -0.4 is 0 Å². The van der Waals surface area contributed by atoms with Crippen molar-refractivity contribution in [2.24, 2.45) is 5.92 Å². The second kappa shape index (κ2) is 5.53. The number of sulfone groups is 1. The number of benzene rings is 1. The number of nitrogens with zero attached hydrogens (tertiary/aromatic N) is 1. The summed E-state index contributed by atoms with van der Waals surface area (Å²) in [6.07, 6.45) is 0. The van der Waals surface area contributed by atoms with Crippen molar-refractivity contribution in [2.45, 2.75) is 43.8 Å². The Kier molecular flexibility index (Phi) is 4.53. The van der Waals surface area contributed by atoms with Crippen LogP contribution in [0.5, 0.6) is 0 Å². The first-order chi connectivity index (χ1) is 8.30. The van der Waals surface area contributed by atoms with Crippen LogP contribution in [0.4, 0.5) is 0 Å². The van der Waals surface area contributed by atoms with Gasteiger partial charge in [-0.15, -0.1) is 0 Å². The van der Waals surface area contributed by atoms with Crippen molar-refractivity contribution < 1.29 is 8.42 Å².